The number of amides is 1. The molecule has 0 aromatic rings. The molecular formula is C10H17NO. The highest BCUT2D eigenvalue weighted by atomic mass is 16.1. The molecule has 0 atom stereocenters. The van der Waals surface area contributed by atoms with Crippen molar-refractivity contribution in [1.29, 1.82) is 0 Å². The average Bonchev–Trinajstić information content (AvgIpc) is 2.10. The van der Waals surface area contributed by atoms with Gasteiger partial charge in [-0.05, 0) is 25.3 Å². The van der Waals surface area contributed by atoms with Gasteiger partial charge in [0.25, 0.3) is 0 Å². The minimum absolute atomic E-state index is 0.0329. The molecule has 0 unspecified atom stereocenters. The fourth-order valence-electron chi connectivity index (χ4n) is 0.751. The van der Waals surface area contributed by atoms with Gasteiger partial charge < -0.3 is 5.32 Å². The Labute approximate surface area is 74.4 Å². The van der Waals surface area contributed by atoms with Crippen molar-refractivity contribution < 1.29 is 4.79 Å². The van der Waals surface area contributed by atoms with Crippen LogP contribution in [0.3, 0.4) is 0 Å². The molecule has 0 heterocycles. The van der Waals surface area contributed by atoms with Crippen molar-refractivity contribution in [3.8, 4) is 0 Å². The van der Waals surface area contributed by atoms with Crippen molar-refractivity contribution in [3.05, 3.63) is 24.3 Å². The summed E-state index contributed by atoms with van der Waals surface area (Å²) in [5.74, 6) is -0.0329. The molecule has 0 saturated heterocycles. The van der Waals surface area contributed by atoms with Crippen LogP contribution in [0.25, 0.3) is 0 Å². The fourth-order valence-corrected chi connectivity index (χ4v) is 0.751. The van der Waals surface area contributed by atoms with E-state index in [1.807, 2.05) is 6.08 Å². The summed E-state index contributed by atoms with van der Waals surface area (Å²) < 4.78 is 0. The summed E-state index contributed by atoms with van der Waals surface area (Å²) in [6.07, 6.45) is 10.8. The smallest absolute Gasteiger partial charge is 0.243 e. The first-order valence-electron chi connectivity index (χ1n) is 4.34. The van der Waals surface area contributed by atoms with Gasteiger partial charge in [-0.15, -0.1) is 0 Å². The second-order valence-corrected chi connectivity index (χ2v) is 2.47. The van der Waals surface area contributed by atoms with Crippen LogP contribution in [-0.2, 0) is 4.79 Å². The Bertz CT molecular complexity index is 171. The number of nitrogens with one attached hydrogen (secondary N) is 1. The zero-order valence-corrected chi connectivity index (χ0v) is 7.84. The van der Waals surface area contributed by atoms with Crippen molar-refractivity contribution in [2.45, 2.75) is 26.2 Å². The molecule has 0 aliphatic rings. The van der Waals surface area contributed by atoms with E-state index in [9.17, 15) is 4.79 Å². The zero-order chi connectivity index (χ0) is 9.23. The summed E-state index contributed by atoms with van der Waals surface area (Å²) in [6.45, 7) is 2.11. The predicted octanol–water partition coefficient (Wildman–Crippen LogP) is 2.04. The molecule has 0 spiro atoms. The first-order valence-corrected chi connectivity index (χ1v) is 4.34. The second kappa shape index (κ2) is 8.05. The largest absolute Gasteiger partial charge is 0.356 e. The van der Waals surface area contributed by atoms with Crippen molar-refractivity contribution in [3.63, 3.8) is 0 Å². The first-order chi connectivity index (χ1) is 5.81. The van der Waals surface area contributed by atoms with Gasteiger partial charge in [0, 0.05) is 7.05 Å². The van der Waals surface area contributed by atoms with Gasteiger partial charge in [-0.25, -0.2) is 0 Å². The van der Waals surface area contributed by atoms with Crippen LogP contribution in [-0.4, -0.2) is 13.0 Å². The predicted molar refractivity (Wildman–Crippen MR) is 51.9 cm³/mol. The molecule has 0 fully saturated rings. The van der Waals surface area contributed by atoms with Gasteiger partial charge in [-0.2, -0.15) is 0 Å². The van der Waals surface area contributed by atoms with Crippen LogP contribution in [0.15, 0.2) is 24.3 Å². The number of carbonyl (C=O) groups excluding carboxylic acids is 1. The van der Waals surface area contributed by atoms with E-state index in [1.165, 1.54) is 0 Å². The molecule has 0 saturated carbocycles. The molecule has 68 valence electrons. The molecule has 2 nitrogen and oxygen atoms in total. The number of allylic oxidation sites excluding steroid dienone is 3. The van der Waals surface area contributed by atoms with Gasteiger partial charge in [0.15, 0.2) is 0 Å². The molecule has 1 N–H and O–H groups in total. The monoisotopic (exact) mass is 167 g/mol. The van der Waals surface area contributed by atoms with Crippen LogP contribution in [0.2, 0.25) is 0 Å². The van der Waals surface area contributed by atoms with Crippen LogP contribution < -0.4 is 5.32 Å². The average molecular weight is 167 g/mol. The molecule has 1 amide bonds. The number of unbranched alkanes of at least 4 members (excludes halogenated alkanes) is 1. The van der Waals surface area contributed by atoms with E-state index in [0.717, 1.165) is 19.3 Å². The number of rotatable bonds is 5. The Balaban J connectivity index is 3.36. The maximum Gasteiger partial charge on any atom is 0.243 e. The maximum absolute atomic E-state index is 10.7. The topological polar surface area (TPSA) is 29.1 Å². The van der Waals surface area contributed by atoms with E-state index in [2.05, 4.69) is 24.4 Å². The van der Waals surface area contributed by atoms with Crippen molar-refractivity contribution in [1.82, 2.24) is 5.32 Å². The standard InChI is InChI=1S/C10H17NO/c1-3-4-5-6-7-8-9-10(12)11-2/h4-5,8-9H,3,6-7H2,1-2H3,(H,11,12). The van der Waals surface area contributed by atoms with Gasteiger partial charge in [0.1, 0.15) is 0 Å². The summed E-state index contributed by atoms with van der Waals surface area (Å²) >= 11 is 0. The van der Waals surface area contributed by atoms with Gasteiger partial charge in [0.05, 0.1) is 0 Å². The van der Waals surface area contributed by atoms with E-state index in [4.69, 9.17) is 0 Å². The molecule has 0 aliphatic heterocycles. The Morgan fingerprint density at radius 3 is 2.50 bits per heavy atom. The van der Waals surface area contributed by atoms with Crippen molar-refractivity contribution >= 4 is 5.91 Å². The molecule has 0 rings (SSSR count). The van der Waals surface area contributed by atoms with E-state index >= 15 is 0 Å². The Morgan fingerprint density at radius 2 is 1.92 bits per heavy atom. The van der Waals surface area contributed by atoms with Crippen LogP contribution in [0.1, 0.15) is 26.2 Å². The van der Waals surface area contributed by atoms with Crippen LogP contribution >= 0.6 is 0 Å². The number of carbonyl (C=O) groups is 1. The minimum atomic E-state index is -0.0329. The SMILES string of the molecule is CCC=CCCC=CC(=O)NC. The molecule has 0 aromatic heterocycles. The highest BCUT2D eigenvalue weighted by Crippen LogP contribution is 1.93. The summed E-state index contributed by atoms with van der Waals surface area (Å²) in [7, 11) is 1.63. The lowest BCUT2D eigenvalue weighted by molar-refractivity contribution is -0.116. The normalized spacial score (nSPS) is 11.2. The summed E-state index contributed by atoms with van der Waals surface area (Å²) in [6, 6.07) is 0. The van der Waals surface area contributed by atoms with Gasteiger partial charge in [-0.1, -0.05) is 25.2 Å². The maximum atomic E-state index is 10.7. The van der Waals surface area contributed by atoms with Crippen LogP contribution in [0, 0.1) is 0 Å². The van der Waals surface area contributed by atoms with E-state index in [-0.39, 0.29) is 5.91 Å². The Kier molecular flexibility index (Phi) is 7.35. The third-order valence-electron chi connectivity index (χ3n) is 1.42. The number of hydrogen-bond acceptors (Lipinski definition) is 1. The molecular weight excluding hydrogens is 150 g/mol. The quantitative estimate of drug-likeness (QED) is 0.379. The van der Waals surface area contributed by atoms with Crippen molar-refractivity contribution in [2.24, 2.45) is 0 Å². The lowest BCUT2D eigenvalue weighted by Gasteiger charge is -1.89. The zero-order valence-electron chi connectivity index (χ0n) is 7.84. The van der Waals surface area contributed by atoms with Gasteiger partial charge in [0.2, 0.25) is 5.91 Å². The van der Waals surface area contributed by atoms with E-state index < -0.39 is 0 Å². The molecule has 0 radical (unpaired) electrons. The minimum Gasteiger partial charge on any atom is -0.356 e. The lowest BCUT2D eigenvalue weighted by Crippen LogP contribution is -2.13. The summed E-state index contributed by atoms with van der Waals surface area (Å²) in [5.41, 5.74) is 0. The van der Waals surface area contributed by atoms with Gasteiger partial charge in [-0.3, -0.25) is 4.79 Å². The van der Waals surface area contributed by atoms with Crippen LogP contribution in [0.5, 0.6) is 0 Å². The third kappa shape index (κ3) is 7.06. The molecule has 2 heteroatoms. The number of hydrogen-bond donors (Lipinski definition) is 1. The van der Waals surface area contributed by atoms with E-state index in [0.29, 0.717) is 0 Å². The fraction of sp³-hybridized carbons (Fsp3) is 0.500. The van der Waals surface area contributed by atoms with Gasteiger partial charge >= 0.3 is 0 Å². The summed E-state index contributed by atoms with van der Waals surface area (Å²) in [4.78, 5) is 10.7. The first kappa shape index (κ1) is 11.0. The van der Waals surface area contributed by atoms with Crippen LogP contribution in [0.4, 0.5) is 0 Å². The Morgan fingerprint density at radius 1 is 1.25 bits per heavy atom. The molecule has 0 aliphatic carbocycles. The Hall–Kier alpha value is -1.05. The summed E-state index contributed by atoms with van der Waals surface area (Å²) in [5, 5.41) is 2.52. The lowest BCUT2D eigenvalue weighted by atomic mass is 10.2. The van der Waals surface area contributed by atoms with E-state index in [1.54, 1.807) is 13.1 Å². The second-order valence-electron chi connectivity index (χ2n) is 2.47. The molecule has 0 bridgehead atoms. The number of likely N-dealkylation sites (N-methyl/N-ethyl adjacent to an activating group) is 1. The van der Waals surface area contributed by atoms with Crippen molar-refractivity contribution in [2.75, 3.05) is 7.05 Å². The third-order valence-corrected chi connectivity index (χ3v) is 1.42. The highest BCUT2D eigenvalue weighted by molar-refractivity contribution is 5.87. The molecule has 0 aromatic carbocycles. The molecule has 12 heavy (non-hydrogen) atoms. The highest BCUT2D eigenvalue weighted by Gasteiger charge is 1.85.